The van der Waals surface area contributed by atoms with Crippen molar-refractivity contribution in [1.29, 1.82) is 0 Å². The Labute approximate surface area is 181 Å². The third-order valence-corrected chi connectivity index (χ3v) is 5.63. The number of hydrogen-bond acceptors (Lipinski definition) is 6. The number of hydrogen-bond donors (Lipinski definition) is 1. The van der Waals surface area contributed by atoms with Crippen molar-refractivity contribution in [2.24, 2.45) is 0 Å². The van der Waals surface area contributed by atoms with Crippen molar-refractivity contribution in [3.05, 3.63) is 79.8 Å². The van der Waals surface area contributed by atoms with Crippen molar-refractivity contribution in [3.63, 3.8) is 0 Å². The van der Waals surface area contributed by atoms with Crippen molar-refractivity contribution in [1.82, 2.24) is 9.97 Å². The monoisotopic (exact) mass is 466 g/mol. The van der Waals surface area contributed by atoms with E-state index in [0.29, 0.717) is 21.8 Å². The molecule has 0 amide bonds. The molecular formula is C22H19BrN4O3. The predicted molar refractivity (Wildman–Crippen MR) is 119 cm³/mol. The van der Waals surface area contributed by atoms with Crippen LogP contribution in [0.4, 0.5) is 11.5 Å². The number of fused-ring (bicyclic) bond motifs is 1. The molecular weight excluding hydrogens is 448 g/mol. The summed E-state index contributed by atoms with van der Waals surface area (Å²) in [4.78, 5) is 20.0. The summed E-state index contributed by atoms with van der Waals surface area (Å²) >= 11 is 3.37. The summed E-state index contributed by atoms with van der Waals surface area (Å²) in [5.74, 6) is 0.650. The number of anilines is 1. The smallest absolute Gasteiger partial charge is 0.270 e. The third kappa shape index (κ3) is 3.54. The van der Waals surface area contributed by atoms with E-state index in [1.165, 1.54) is 6.07 Å². The van der Waals surface area contributed by atoms with Gasteiger partial charge in [-0.05, 0) is 49.2 Å². The van der Waals surface area contributed by atoms with Crippen LogP contribution in [0.2, 0.25) is 0 Å². The van der Waals surface area contributed by atoms with Crippen LogP contribution in [-0.2, 0) is 0 Å². The van der Waals surface area contributed by atoms with Gasteiger partial charge in [0.25, 0.3) is 5.69 Å². The maximum absolute atomic E-state index is 11.3. The zero-order chi connectivity index (χ0) is 21.6. The van der Waals surface area contributed by atoms with Crippen LogP contribution in [0.3, 0.4) is 0 Å². The average molecular weight is 467 g/mol. The first-order valence-corrected chi connectivity index (χ1v) is 10.1. The first-order valence-electron chi connectivity index (χ1n) is 9.31. The first kappa shape index (κ1) is 20.0. The molecule has 2 heterocycles. The Morgan fingerprint density at radius 3 is 2.67 bits per heavy atom. The minimum absolute atomic E-state index is 0.00909. The third-order valence-electron chi connectivity index (χ3n) is 5.18. The lowest BCUT2D eigenvalue weighted by Gasteiger charge is -2.19. The molecule has 30 heavy (non-hydrogen) atoms. The number of nitrogen functional groups attached to an aromatic ring is 1. The SMILES string of the molecule is Cc1nc(N)c(C(C)c2cc(Br)cc([N+](=O)[O-])c2)c(-c2ccc3occ(C)c3c2)n1. The molecule has 2 aromatic heterocycles. The van der Waals surface area contributed by atoms with E-state index in [0.717, 1.165) is 33.2 Å². The fourth-order valence-electron chi connectivity index (χ4n) is 3.67. The van der Waals surface area contributed by atoms with E-state index >= 15 is 0 Å². The quantitative estimate of drug-likeness (QED) is 0.295. The molecule has 2 N–H and O–H groups in total. The lowest BCUT2D eigenvalue weighted by Crippen LogP contribution is -2.09. The van der Waals surface area contributed by atoms with E-state index in [4.69, 9.17) is 10.2 Å². The minimum atomic E-state index is -0.410. The van der Waals surface area contributed by atoms with Gasteiger partial charge in [0.1, 0.15) is 17.2 Å². The number of nitrogens with zero attached hydrogens (tertiary/aromatic N) is 3. The van der Waals surface area contributed by atoms with E-state index in [1.807, 2.05) is 38.1 Å². The predicted octanol–water partition coefficient (Wildman–Crippen LogP) is 5.91. The molecule has 0 radical (unpaired) electrons. The molecule has 2 aromatic carbocycles. The van der Waals surface area contributed by atoms with Gasteiger partial charge in [0.2, 0.25) is 0 Å². The second-order valence-electron chi connectivity index (χ2n) is 7.27. The Morgan fingerprint density at radius 2 is 1.93 bits per heavy atom. The fourth-order valence-corrected chi connectivity index (χ4v) is 4.17. The van der Waals surface area contributed by atoms with E-state index < -0.39 is 4.92 Å². The number of benzene rings is 2. The van der Waals surface area contributed by atoms with Gasteiger partial charge >= 0.3 is 0 Å². The van der Waals surface area contributed by atoms with Gasteiger partial charge in [-0.15, -0.1) is 0 Å². The minimum Gasteiger partial charge on any atom is -0.464 e. The van der Waals surface area contributed by atoms with Crippen LogP contribution in [0, 0.1) is 24.0 Å². The van der Waals surface area contributed by atoms with Crippen molar-refractivity contribution in [2.75, 3.05) is 5.73 Å². The van der Waals surface area contributed by atoms with Gasteiger partial charge in [0.05, 0.1) is 16.9 Å². The van der Waals surface area contributed by atoms with Gasteiger partial charge in [0.15, 0.2) is 0 Å². The average Bonchev–Trinajstić information content (AvgIpc) is 3.06. The van der Waals surface area contributed by atoms with Gasteiger partial charge in [-0.25, -0.2) is 9.97 Å². The standard InChI is InChI=1S/C22H19BrN4O3/c1-11-10-30-19-5-4-14(8-18(11)19)21-20(22(24)26-13(3)25-21)12(2)15-6-16(23)9-17(7-15)27(28)29/h4-10,12H,1-3H3,(H2,24,25,26). The first-order chi connectivity index (χ1) is 14.2. The lowest BCUT2D eigenvalue weighted by molar-refractivity contribution is -0.385. The van der Waals surface area contributed by atoms with Gasteiger partial charge in [-0.3, -0.25) is 10.1 Å². The Kier molecular flexibility index (Phi) is 5.03. The molecule has 1 atom stereocenters. The van der Waals surface area contributed by atoms with E-state index in [-0.39, 0.29) is 11.6 Å². The number of nitrogens with two attached hydrogens (primary N) is 1. The second kappa shape index (κ2) is 7.53. The van der Waals surface area contributed by atoms with E-state index in [2.05, 4.69) is 25.9 Å². The van der Waals surface area contributed by atoms with Crippen LogP contribution in [0.1, 0.15) is 35.4 Å². The molecule has 8 heteroatoms. The number of nitro groups is 1. The molecule has 0 saturated carbocycles. The highest BCUT2D eigenvalue weighted by molar-refractivity contribution is 9.10. The van der Waals surface area contributed by atoms with Crippen molar-refractivity contribution in [3.8, 4) is 11.3 Å². The van der Waals surface area contributed by atoms with Gasteiger partial charge in [-0.2, -0.15) is 0 Å². The molecule has 4 aromatic rings. The summed E-state index contributed by atoms with van der Waals surface area (Å²) < 4.78 is 6.18. The zero-order valence-electron chi connectivity index (χ0n) is 16.6. The summed E-state index contributed by atoms with van der Waals surface area (Å²) in [5, 5.41) is 12.3. The highest BCUT2D eigenvalue weighted by Crippen LogP contribution is 2.38. The Bertz CT molecular complexity index is 1300. The van der Waals surface area contributed by atoms with Gasteiger partial charge in [0, 0.05) is 39.0 Å². The van der Waals surface area contributed by atoms with Crippen LogP contribution in [0.15, 0.2) is 51.6 Å². The highest BCUT2D eigenvalue weighted by atomic mass is 79.9. The maximum Gasteiger partial charge on any atom is 0.270 e. The number of rotatable bonds is 4. The number of aromatic nitrogens is 2. The fraction of sp³-hybridized carbons (Fsp3) is 0.182. The zero-order valence-corrected chi connectivity index (χ0v) is 18.2. The summed E-state index contributed by atoms with van der Waals surface area (Å²) in [6, 6.07) is 10.7. The number of nitro benzene ring substituents is 1. The van der Waals surface area contributed by atoms with E-state index in [1.54, 1.807) is 19.3 Å². The molecule has 1 unspecified atom stereocenters. The molecule has 0 spiro atoms. The van der Waals surface area contributed by atoms with Crippen LogP contribution in [-0.4, -0.2) is 14.9 Å². The number of furan rings is 1. The maximum atomic E-state index is 11.3. The number of halogens is 1. The lowest BCUT2D eigenvalue weighted by atomic mass is 9.89. The topological polar surface area (TPSA) is 108 Å². The summed E-state index contributed by atoms with van der Waals surface area (Å²) in [6.45, 7) is 5.72. The molecule has 4 rings (SSSR count). The molecule has 7 nitrogen and oxygen atoms in total. The summed E-state index contributed by atoms with van der Waals surface area (Å²) in [5.41, 5.74) is 11.2. The van der Waals surface area contributed by atoms with Crippen LogP contribution >= 0.6 is 15.9 Å². The van der Waals surface area contributed by atoms with E-state index in [9.17, 15) is 10.1 Å². The van der Waals surface area contributed by atoms with Gasteiger partial charge in [-0.1, -0.05) is 22.9 Å². The van der Waals surface area contributed by atoms with Crippen LogP contribution in [0.25, 0.3) is 22.2 Å². The Morgan fingerprint density at radius 1 is 1.17 bits per heavy atom. The largest absolute Gasteiger partial charge is 0.464 e. The number of aryl methyl sites for hydroxylation is 2. The van der Waals surface area contributed by atoms with Crippen LogP contribution < -0.4 is 5.73 Å². The molecule has 0 aliphatic carbocycles. The Hall–Kier alpha value is -3.26. The molecule has 0 saturated heterocycles. The summed E-state index contributed by atoms with van der Waals surface area (Å²) in [7, 11) is 0. The normalized spacial score (nSPS) is 12.3. The number of non-ortho nitro benzene ring substituents is 1. The van der Waals surface area contributed by atoms with Gasteiger partial charge < -0.3 is 10.2 Å². The van der Waals surface area contributed by atoms with Crippen molar-refractivity contribution < 1.29 is 9.34 Å². The Balaban J connectivity index is 1.92. The van der Waals surface area contributed by atoms with Crippen molar-refractivity contribution >= 4 is 38.4 Å². The highest BCUT2D eigenvalue weighted by Gasteiger charge is 2.23. The molecule has 0 bridgehead atoms. The van der Waals surface area contributed by atoms with Crippen molar-refractivity contribution in [2.45, 2.75) is 26.7 Å². The molecule has 152 valence electrons. The molecule has 0 fully saturated rings. The molecule has 0 aliphatic rings. The second-order valence-corrected chi connectivity index (χ2v) is 8.19. The van der Waals surface area contributed by atoms with Crippen LogP contribution in [0.5, 0.6) is 0 Å². The summed E-state index contributed by atoms with van der Waals surface area (Å²) in [6.07, 6.45) is 1.72. The molecule has 0 aliphatic heterocycles.